The van der Waals surface area contributed by atoms with Crippen molar-refractivity contribution < 1.29 is 94.2 Å². The van der Waals surface area contributed by atoms with Crippen LogP contribution in [-0.2, 0) is 38.0 Å². The quantitative estimate of drug-likeness (QED) is 0.0734. The lowest BCUT2D eigenvalue weighted by molar-refractivity contribution is -0.361. The standard InChI is InChI=1S/C48H76O19/c1-22-30(53)32(55)35(58)40(63-22)66-38-25(18-49)64-39(37(60)34(38)57)62-19-26-31(54)33(56)36(59)41(65-26)67-42(61)48-15-13-43(2,20-50)17-24(48)23-7-8-28-44(3)11-10-29(52)45(4,21-51)27(44)9-12-47(28,6)46(23,5)14-16-48/h7,21-22,24-41,49-50,52-60H,8-20H2,1-6H3/t22-,24-,25+,26+,27+,28+,29-,30-,31+,32+,33-,34+,35+,36+,37+,38+,39+,40-,41?,43+,44-,45-,46+,47+,48-/m0/s1. The van der Waals surface area contributed by atoms with Crippen LogP contribution in [0.1, 0.15) is 106 Å². The molecule has 67 heavy (non-hydrogen) atoms. The first-order valence-electron chi connectivity index (χ1n) is 24.4. The third-order valence-corrected chi connectivity index (χ3v) is 19.5. The van der Waals surface area contributed by atoms with Crippen LogP contribution in [0.5, 0.6) is 0 Å². The molecule has 8 aliphatic rings. The highest BCUT2D eigenvalue weighted by Gasteiger charge is 2.70. The maximum atomic E-state index is 15.0. The van der Waals surface area contributed by atoms with E-state index < -0.39 is 134 Å². The van der Waals surface area contributed by atoms with Gasteiger partial charge in [0, 0.05) is 6.61 Å². The fraction of sp³-hybridized carbons (Fsp3) is 0.917. The van der Waals surface area contributed by atoms with Gasteiger partial charge in [0.05, 0.1) is 36.3 Å². The number of hydrogen-bond acceptors (Lipinski definition) is 19. The lowest BCUT2D eigenvalue weighted by atomic mass is 9.33. The number of allylic oxidation sites excluding steroid dienone is 2. The predicted molar refractivity (Wildman–Crippen MR) is 231 cm³/mol. The molecule has 25 atom stereocenters. The molecule has 0 spiro atoms. The summed E-state index contributed by atoms with van der Waals surface area (Å²) in [5, 5.41) is 118. The third kappa shape index (κ3) is 8.01. The predicted octanol–water partition coefficient (Wildman–Crippen LogP) is -0.680. The Hall–Kier alpha value is -1.76. The number of ether oxygens (including phenoxy) is 6. The van der Waals surface area contributed by atoms with E-state index in [2.05, 4.69) is 26.8 Å². The van der Waals surface area contributed by atoms with Gasteiger partial charge in [0.1, 0.15) is 73.4 Å². The first-order valence-corrected chi connectivity index (χ1v) is 24.4. The summed E-state index contributed by atoms with van der Waals surface area (Å²) in [6.07, 6.45) is -15.8. The van der Waals surface area contributed by atoms with Crippen LogP contribution >= 0.6 is 0 Å². The molecule has 0 aromatic rings. The second-order valence-corrected chi connectivity index (χ2v) is 23.0. The van der Waals surface area contributed by atoms with Crippen LogP contribution in [0.15, 0.2) is 11.6 Å². The summed E-state index contributed by atoms with van der Waals surface area (Å²) < 4.78 is 34.6. The molecule has 3 saturated heterocycles. The Morgan fingerprint density at radius 1 is 0.716 bits per heavy atom. The zero-order valence-corrected chi connectivity index (χ0v) is 39.5. The minimum Gasteiger partial charge on any atom is -0.432 e. The van der Waals surface area contributed by atoms with Crippen molar-refractivity contribution in [1.82, 2.24) is 0 Å². The van der Waals surface area contributed by atoms with Crippen LogP contribution in [0.2, 0.25) is 0 Å². The van der Waals surface area contributed by atoms with Gasteiger partial charge in [-0.2, -0.15) is 0 Å². The van der Waals surface area contributed by atoms with Gasteiger partial charge in [0.15, 0.2) is 12.6 Å². The second-order valence-electron chi connectivity index (χ2n) is 23.0. The number of aldehydes is 1. The van der Waals surface area contributed by atoms with E-state index in [1.807, 2.05) is 13.8 Å². The zero-order chi connectivity index (χ0) is 49.0. The molecule has 1 unspecified atom stereocenters. The fourth-order valence-corrected chi connectivity index (χ4v) is 14.7. The highest BCUT2D eigenvalue weighted by molar-refractivity contribution is 5.79. The van der Waals surface area contributed by atoms with E-state index in [1.54, 1.807) is 0 Å². The Morgan fingerprint density at radius 2 is 1.36 bits per heavy atom. The number of carbonyl (C=O) groups excluding carboxylic acids is 2. The van der Waals surface area contributed by atoms with Gasteiger partial charge in [-0.15, -0.1) is 0 Å². The smallest absolute Gasteiger partial charge is 0.315 e. The Labute approximate surface area is 391 Å². The molecule has 19 heteroatoms. The summed E-state index contributed by atoms with van der Waals surface area (Å²) in [7, 11) is 0. The van der Waals surface area contributed by atoms with E-state index in [4.69, 9.17) is 28.4 Å². The van der Waals surface area contributed by atoms with Crippen molar-refractivity contribution in [3.8, 4) is 0 Å². The minimum absolute atomic E-state index is 0.0134. The number of carbonyl (C=O) groups is 2. The molecule has 3 aliphatic heterocycles. The molecule has 382 valence electrons. The second kappa shape index (κ2) is 18.4. The molecule has 8 rings (SSSR count). The Balaban J connectivity index is 0.987. The monoisotopic (exact) mass is 956 g/mol. The van der Waals surface area contributed by atoms with Crippen LogP contribution in [0.25, 0.3) is 0 Å². The van der Waals surface area contributed by atoms with Crippen LogP contribution in [0.4, 0.5) is 0 Å². The average molecular weight is 957 g/mol. The maximum Gasteiger partial charge on any atom is 0.315 e. The molecule has 11 N–H and O–H groups in total. The van der Waals surface area contributed by atoms with Gasteiger partial charge in [0.25, 0.3) is 0 Å². The number of hydrogen-bond donors (Lipinski definition) is 11. The van der Waals surface area contributed by atoms with E-state index in [1.165, 1.54) is 6.92 Å². The molecule has 7 fully saturated rings. The Kier molecular flexibility index (Phi) is 14.1. The molecule has 0 radical (unpaired) electrons. The van der Waals surface area contributed by atoms with E-state index in [9.17, 15) is 65.8 Å². The number of aliphatic hydroxyl groups is 11. The normalized spacial score (nSPS) is 55.5. The first-order chi connectivity index (χ1) is 31.4. The highest BCUT2D eigenvalue weighted by atomic mass is 16.8. The summed E-state index contributed by atoms with van der Waals surface area (Å²) >= 11 is 0. The van der Waals surface area contributed by atoms with Crippen molar-refractivity contribution in [2.75, 3.05) is 19.8 Å². The molecular formula is C48H76O19. The Morgan fingerprint density at radius 3 is 2.03 bits per heavy atom. The van der Waals surface area contributed by atoms with Crippen LogP contribution < -0.4 is 0 Å². The lowest BCUT2D eigenvalue weighted by Gasteiger charge is -2.71. The van der Waals surface area contributed by atoms with Crippen molar-refractivity contribution in [3.05, 3.63) is 11.6 Å². The SMILES string of the molecule is C[C@@H]1O[C@@H](O[C@H]2[C@H](O)[C@@H](O)[C@H](OC[C@H]3OC(OC(=O)[C@]45CC[C@@](C)(CO)C[C@H]4C4=CC[C@@H]6[C@@]7(C)CC[C@H](O)[C@@](C)(C=O)[C@@H]7CC[C@@]6(C)[C@]4(C)CC5)[C@H](O)[C@@H](O)[C@@H]3O)O[C@@H]2CO)[C@H](O)[C@H](O)[C@H]1O. The maximum absolute atomic E-state index is 15.0. The van der Waals surface area contributed by atoms with Crippen LogP contribution in [-0.4, -0.2) is 186 Å². The summed E-state index contributed by atoms with van der Waals surface area (Å²) in [6, 6.07) is 0. The minimum atomic E-state index is -1.88. The van der Waals surface area contributed by atoms with Crippen molar-refractivity contribution in [3.63, 3.8) is 0 Å². The van der Waals surface area contributed by atoms with Crippen LogP contribution in [0.3, 0.4) is 0 Å². The largest absolute Gasteiger partial charge is 0.432 e. The van der Waals surface area contributed by atoms with Crippen molar-refractivity contribution in [2.24, 2.45) is 50.2 Å². The molecule has 19 nitrogen and oxygen atoms in total. The van der Waals surface area contributed by atoms with Crippen molar-refractivity contribution >= 4 is 12.3 Å². The van der Waals surface area contributed by atoms with E-state index in [0.717, 1.165) is 37.5 Å². The molecule has 4 saturated carbocycles. The van der Waals surface area contributed by atoms with Gasteiger partial charge in [-0.05, 0) is 111 Å². The topological polar surface area (TPSA) is 312 Å². The zero-order valence-electron chi connectivity index (χ0n) is 39.5. The lowest BCUT2D eigenvalue weighted by Crippen LogP contribution is -2.66. The number of fused-ring (bicyclic) bond motifs is 7. The fourth-order valence-electron chi connectivity index (χ4n) is 14.7. The molecule has 0 aromatic carbocycles. The number of rotatable bonds is 10. The number of aliphatic hydroxyl groups excluding tert-OH is 11. The molecule has 0 bridgehead atoms. The van der Waals surface area contributed by atoms with Gasteiger partial charge in [0.2, 0.25) is 6.29 Å². The average Bonchev–Trinajstić information content (AvgIpc) is 3.30. The van der Waals surface area contributed by atoms with E-state index >= 15 is 0 Å². The van der Waals surface area contributed by atoms with Gasteiger partial charge >= 0.3 is 5.97 Å². The molecular weight excluding hydrogens is 881 g/mol. The van der Waals surface area contributed by atoms with Crippen molar-refractivity contribution in [1.29, 1.82) is 0 Å². The van der Waals surface area contributed by atoms with Gasteiger partial charge < -0.3 is 89.4 Å². The van der Waals surface area contributed by atoms with Crippen LogP contribution in [0, 0.1) is 50.2 Å². The van der Waals surface area contributed by atoms with E-state index in [-0.39, 0.29) is 40.6 Å². The molecule has 0 amide bonds. The van der Waals surface area contributed by atoms with Crippen molar-refractivity contribution in [2.45, 2.75) is 204 Å². The molecule has 3 heterocycles. The summed E-state index contributed by atoms with van der Waals surface area (Å²) in [4.78, 5) is 27.6. The first kappa shape index (κ1) is 51.6. The summed E-state index contributed by atoms with van der Waals surface area (Å²) in [5.74, 6) is -0.780. The molecule has 0 aromatic heterocycles. The Bertz CT molecular complexity index is 1850. The summed E-state index contributed by atoms with van der Waals surface area (Å²) in [6.45, 7) is 10.8. The summed E-state index contributed by atoms with van der Waals surface area (Å²) in [5.41, 5.74) is -2.08. The number of esters is 1. The highest BCUT2D eigenvalue weighted by Crippen LogP contribution is 2.76. The third-order valence-electron chi connectivity index (χ3n) is 19.5. The van der Waals surface area contributed by atoms with Gasteiger partial charge in [-0.1, -0.05) is 46.3 Å². The van der Waals surface area contributed by atoms with Gasteiger partial charge in [-0.3, -0.25) is 4.79 Å². The molecule has 5 aliphatic carbocycles. The van der Waals surface area contributed by atoms with E-state index in [0.29, 0.717) is 38.5 Å². The van der Waals surface area contributed by atoms with Gasteiger partial charge in [-0.25, -0.2) is 0 Å².